The van der Waals surface area contributed by atoms with Crippen LogP contribution < -0.4 is 0 Å². The van der Waals surface area contributed by atoms with Crippen LogP contribution in [0.4, 0.5) is 0 Å². The van der Waals surface area contributed by atoms with E-state index < -0.39 is 0 Å². The van der Waals surface area contributed by atoms with Crippen LogP contribution in [0.3, 0.4) is 0 Å². The van der Waals surface area contributed by atoms with E-state index >= 15 is 0 Å². The molecule has 1 unspecified atom stereocenters. The fraction of sp³-hybridized carbons (Fsp3) is 0.643. The van der Waals surface area contributed by atoms with E-state index in [0.29, 0.717) is 11.9 Å². The molecule has 1 atom stereocenters. The van der Waals surface area contributed by atoms with Crippen molar-refractivity contribution in [2.24, 2.45) is 0 Å². The van der Waals surface area contributed by atoms with Gasteiger partial charge in [0.25, 0.3) is 5.91 Å². The van der Waals surface area contributed by atoms with Crippen LogP contribution in [0.5, 0.6) is 0 Å². The highest BCUT2D eigenvalue weighted by Crippen LogP contribution is 2.25. The summed E-state index contributed by atoms with van der Waals surface area (Å²) in [7, 11) is 0. The van der Waals surface area contributed by atoms with Gasteiger partial charge in [0.2, 0.25) is 0 Å². The van der Waals surface area contributed by atoms with Crippen molar-refractivity contribution in [1.82, 2.24) is 4.90 Å². The zero-order valence-electron chi connectivity index (χ0n) is 10.8. The summed E-state index contributed by atoms with van der Waals surface area (Å²) in [6.45, 7) is 2.87. The Bertz CT molecular complexity index is 402. The fourth-order valence-corrected chi connectivity index (χ4v) is 2.83. The van der Waals surface area contributed by atoms with Gasteiger partial charge in [-0.2, -0.15) is 0 Å². The number of aryl methyl sites for hydroxylation is 1. The molecule has 0 aliphatic carbocycles. The van der Waals surface area contributed by atoms with E-state index in [9.17, 15) is 4.79 Å². The lowest BCUT2D eigenvalue weighted by molar-refractivity contribution is 0.0728. The Hall–Kier alpha value is -0.960. The van der Waals surface area contributed by atoms with Crippen LogP contribution in [0.1, 0.15) is 48.7 Å². The standard InChI is InChI=1S/C14H20ClNO2/c1-2-13-12(7-10-18-13)14(17)16-9-4-6-11(16)5-3-8-15/h7,10-11H,2-6,8-9H2,1H3. The molecule has 1 aliphatic heterocycles. The molecule has 0 spiro atoms. The average molecular weight is 270 g/mol. The first kappa shape index (κ1) is 13.5. The molecule has 1 aromatic heterocycles. The highest BCUT2D eigenvalue weighted by atomic mass is 35.5. The Balaban J connectivity index is 2.08. The van der Waals surface area contributed by atoms with Crippen molar-refractivity contribution in [2.45, 2.75) is 45.1 Å². The van der Waals surface area contributed by atoms with E-state index in [1.54, 1.807) is 12.3 Å². The number of rotatable bonds is 5. The quantitative estimate of drug-likeness (QED) is 0.767. The van der Waals surface area contributed by atoms with Gasteiger partial charge in [-0.05, 0) is 31.7 Å². The normalized spacial score (nSPS) is 19.4. The number of amides is 1. The minimum atomic E-state index is 0.123. The van der Waals surface area contributed by atoms with Crippen LogP contribution in [0.2, 0.25) is 0 Å². The number of nitrogens with zero attached hydrogens (tertiary/aromatic N) is 1. The summed E-state index contributed by atoms with van der Waals surface area (Å²) in [5.74, 6) is 1.59. The number of alkyl halides is 1. The third kappa shape index (κ3) is 2.72. The zero-order chi connectivity index (χ0) is 13.0. The van der Waals surface area contributed by atoms with E-state index in [-0.39, 0.29) is 5.91 Å². The van der Waals surface area contributed by atoms with Gasteiger partial charge in [0.15, 0.2) is 0 Å². The largest absolute Gasteiger partial charge is 0.469 e. The van der Waals surface area contributed by atoms with Gasteiger partial charge in [-0.15, -0.1) is 11.6 Å². The summed E-state index contributed by atoms with van der Waals surface area (Å²) in [6.07, 6.45) is 6.54. The molecule has 0 aromatic carbocycles. The maximum Gasteiger partial charge on any atom is 0.257 e. The monoisotopic (exact) mass is 269 g/mol. The lowest BCUT2D eigenvalue weighted by atomic mass is 10.1. The summed E-state index contributed by atoms with van der Waals surface area (Å²) in [6, 6.07) is 2.15. The molecule has 1 aromatic rings. The SMILES string of the molecule is CCc1occc1C(=O)N1CCCC1CCCCl. The van der Waals surface area contributed by atoms with E-state index in [2.05, 4.69) is 0 Å². The molecule has 18 heavy (non-hydrogen) atoms. The molecular weight excluding hydrogens is 250 g/mol. The molecular formula is C14H20ClNO2. The fourth-order valence-electron chi connectivity index (χ4n) is 2.68. The maximum atomic E-state index is 12.5. The van der Waals surface area contributed by atoms with Crippen molar-refractivity contribution in [3.05, 3.63) is 23.7 Å². The van der Waals surface area contributed by atoms with Gasteiger partial charge in [0.1, 0.15) is 5.76 Å². The van der Waals surface area contributed by atoms with Gasteiger partial charge in [-0.3, -0.25) is 4.79 Å². The number of carbonyl (C=O) groups is 1. The first-order chi connectivity index (χ1) is 8.77. The number of carbonyl (C=O) groups excluding carboxylic acids is 1. The molecule has 1 saturated heterocycles. The second kappa shape index (κ2) is 6.28. The van der Waals surface area contributed by atoms with Crippen molar-refractivity contribution in [3.8, 4) is 0 Å². The molecule has 1 aliphatic rings. The predicted molar refractivity (Wildman–Crippen MR) is 72.1 cm³/mol. The second-order valence-electron chi connectivity index (χ2n) is 4.74. The smallest absolute Gasteiger partial charge is 0.257 e. The minimum Gasteiger partial charge on any atom is -0.469 e. The summed E-state index contributed by atoms with van der Waals surface area (Å²) in [4.78, 5) is 14.5. The van der Waals surface area contributed by atoms with Gasteiger partial charge in [0.05, 0.1) is 11.8 Å². The number of furan rings is 1. The van der Waals surface area contributed by atoms with Crippen molar-refractivity contribution >= 4 is 17.5 Å². The molecule has 4 heteroatoms. The van der Waals surface area contributed by atoms with Gasteiger partial charge < -0.3 is 9.32 Å². The maximum absolute atomic E-state index is 12.5. The Labute approximate surface area is 113 Å². The molecule has 3 nitrogen and oxygen atoms in total. The number of hydrogen-bond donors (Lipinski definition) is 0. The van der Waals surface area contributed by atoms with Crippen molar-refractivity contribution in [1.29, 1.82) is 0 Å². The summed E-state index contributed by atoms with van der Waals surface area (Å²) in [5, 5.41) is 0. The van der Waals surface area contributed by atoms with Gasteiger partial charge >= 0.3 is 0 Å². The Kier molecular flexibility index (Phi) is 4.70. The molecule has 0 N–H and O–H groups in total. The molecule has 2 rings (SSSR count). The van der Waals surface area contributed by atoms with E-state index in [0.717, 1.165) is 50.0 Å². The summed E-state index contributed by atoms with van der Waals surface area (Å²) >= 11 is 5.74. The van der Waals surface area contributed by atoms with Gasteiger partial charge in [-0.1, -0.05) is 6.92 Å². The van der Waals surface area contributed by atoms with Crippen LogP contribution in [0, 0.1) is 0 Å². The van der Waals surface area contributed by atoms with Crippen LogP contribution >= 0.6 is 11.6 Å². The third-order valence-corrected chi connectivity index (χ3v) is 3.87. The molecule has 0 radical (unpaired) electrons. The van der Waals surface area contributed by atoms with E-state index in [1.807, 2.05) is 11.8 Å². The Morgan fingerprint density at radius 1 is 1.61 bits per heavy atom. The third-order valence-electron chi connectivity index (χ3n) is 3.61. The molecule has 1 amide bonds. The highest BCUT2D eigenvalue weighted by Gasteiger charge is 2.30. The lowest BCUT2D eigenvalue weighted by Gasteiger charge is -2.24. The molecule has 2 heterocycles. The molecule has 1 fully saturated rings. The zero-order valence-corrected chi connectivity index (χ0v) is 11.6. The predicted octanol–water partition coefficient (Wildman–Crippen LogP) is 3.47. The molecule has 0 bridgehead atoms. The van der Waals surface area contributed by atoms with Crippen molar-refractivity contribution in [2.75, 3.05) is 12.4 Å². The van der Waals surface area contributed by atoms with Crippen LogP contribution in [0.25, 0.3) is 0 Å². The summed E-state index contributed by atoms with van der Waals surface area (Å²) < 4.78 is 5.34. The number of hydrogen-bond acceptors (Lipinski definition) is 2. The summed E-state index contributed by atoms with van der Waals surface area (Å²) in [5.41, 5.74) is 0.732. The van der Waals surface area contributed by atoms with Crippen LogP contribution in [0.15, 0.2) is 16.7 Å². The van der Waals surface area contributed by atoms with Crippen LogP contribution in [-0.4, -0.2) is 29.3 Å². The molecule has 100 valence electrons. The second-order valence-corrected chi connectivity index (χ2v) is 5.11. The van der Waals surface area contributed by atoms with Crippen molar-refractivity contribution < 1.29 is 9.21 Å². The number of halogens is 1. The van der Waals surface area contributed by atoms with Crippen molar-refractivity contribution in [3.63, 3.8) is 0 Å². The van der Waals surface area contributed by atoms with E-state index in [1.165, 1.54) is 0 Å². The average Bonchev–Trinajstić information content (AvgIpc) is 3.03. The molecule has 0 saturated carbocycles. The lowest BCUT2D eigenvalue weighted by Crippen LogP contribution is -2.35. The van der Waals surface area contributed by atoms with Crippen LogP contribution in [-0.2, 0) is 6.42 Å². The number of likely N-dealkylation sites (tertiary alicyclic amines) is 1. The first-order valence-electron chi connectivity index (χ1n) is 6.71. The minimum absolute atomic E-state index is 0.123. The van der Waals surface area contributed by atoms with Gasteiger partial charge in [-0.25, -0.2) is 0 Å². The topological polar surface area (TPSA) is 33.5 Å². The Morgan fingerprint density at radius 3 is 3.17 bits per heavy atom. The highest BCUT2D eigenvalue weighted by molar-refractivity contribution is 6.17. The van der Waals surface area contributed by atoms with E-state index in [4.69, 9.17) is 16.0 Å². The van der Waals surface area contributed by atoms with Gasteiger partial charge in [0, 0.05) is 24.9 Å². The first-order valence-corrected chi connectivity index (χ1v) is 7.24. The Morgan fingerprint density at radius 2 is 2.44 bits per heavy atom.